The molecule has 2 N–H and O–H groups in total. The van der Waals surface area contributed by atoms with Crippen LogP contribution in [0, 0.1) is 17.8 Å². The van der Waals surface area contributed by atoms with Gasteiger partial charge in [0.1, 0.15) is 5.82 Å². The molecule has 3 heterocycles. The Morgan fingerprint density at radius 1 is 1.17 bits per heavy atom. The van der Waals surface area contributed by atoms with Gasteiger partial charge in [-0.25, -0.2) is 9.97 Å². The van der Waals surface area contributed by atoms with Gasteiger partial charge in [0, 0.05) is 50.5 Å². The predicted octanol–water partition coefficient (Wildman–Crippen LogP) is 2.16. The van der Waals surface area contributed by atoms with Gasteiger partial charge in [-0.1, -0.05) is 6.42 Å². The summed E-state index contributed by atoms with van der Waals surface area (Å²) in [5, 5.41) is 3.48. The third-order valence-corrected chi connectivity index (χ3v) is 5.38. The molecule has 23 heavy (non-hydrogen) atoms. The van der Waals surface area contributed by atoms with Crippen molar-refractivity contribution < 1.29 is 0 Å². The smallest absolute Gasteiger partial charge is 0.144 e. The zero-order valence-electron chi connectivity index (χ0n) is 13.4. The third kappa shape index (κ3) is 3.37. The lowest BCUT2D eigenvalue weighted by molar-refractivity contribution is 0.207. The van der Waals surface area contributed by atoms with Crippen molar-refractivity contribution in [2.75, 3.05) is 25.0 Å². The Kier molecular flexibility index (Phi) is 4.24. The van der Waals surface area contributed by atoms with E-state index in [0.717, 1.165) is 36.7 Å². The summed E-state index contributed by atoms with van der Waals surface area (Å²) in [6, 6.07) is 0. The number of anilines is 1. The van der Waals surface area contributed by atoms with Crippen molar-refractivity contribution in [2.24, 2.45) is 17.8 Å². The van der Waals surface area contributed by atoms with Crippen LogP contribution >= 0.6 is 0 Å². The highest BCUT2D eigenvalue weighted by atomic mass is 15.2. The Balaban J connectivity index is 1.35. The van der Waals surface area contributed by atoms with Crippen molar-refractivity contribution in [3.8, 4) is 0 Å². The van der Waals surface area contributed by atoms with Crippen LogP contribution in [0.5, 0.6) is 0 Å². The fourth-order valence-electron chi connectivity index (χ4n) is 4.31. The maximum atomic E-state index is 4.32. The van der Waals surface area contributed by atoms with Crippen LogP contribution in [0.15, 0.2) is 31.1 Å². The summed E-state index contributed by atoms with van der Waals surface area (Å²) in [7, 11) is 0. The maximum absolute atomic E-state index is 4.32. The lowest BCUT2D eigenvalue weighted by Gasteiger charge is -2.33. The minimum Gasteiger partial charge on any atom is -0.369 e. The Morgan fingerprint density at radius 3 is 3.00 bits per heavy atom. The highest BCUT2D eigenvalue weighted by Crippen LogP contribution is 2.40. The molecule has 6 heteroatoms. The summed E-state index contributed by atoms with van der Waals surface area (Å²) in [5.74, 6) is 3.28. The van der Waals surface area contributed by atoms with Crippen LogP contribution in [-0.4, -0.2) is 44.5 Å². The number of fused-ring (bicyclic) bond motifs is 1. The molecule has 1 saturated heterocycles. The molecule has 0 amide bonds. The van der Waals surface area contributed by atoms with E-state index < -0.39 is 0 Å². The van der Waals surface area contributed by atoms with Crippen molar-refractivity contribution in [2.45, 2.75) is 25.8 Å². The zero-order chi connectivity index (χ0) is 15.5. The zero-order valence-corrected chi connectivity index (χ0v) is 13.4. The molecule has 122 valence electrons. The van der Waals surface area contributed by atoms with E-state index in [1.807, 2.05) is 6.20 Å². The topological polar surface area (TPSA) is 69.7 Å². The molecule has 2 aromatic heterocycles. The average Bonchev–Trinajstić information content (AvgIpc) is 3.23. The van der Waals surface area contributed by atoms with Gasteiger partial charge in [0.25, 0.3) is 0 Å². The average molecular weight is 312 g/mol. The van der Waals surface area contributed by atoms with Gasteiger partial charge in [-0.15, -0.1) is 0 Å². The summed E-state index contributed by atoms with van der Waals surface area (Å²) in [5.41, 5.74) is 1.22. The Hall–Kier alpha value is -1.95. The predicted molar refractivity (Wildman–Crippen MR) is 88.7 cm³/mol. The molecular weight excluding hydrogens is 288 g/mol. The standard InChI is InChI=1S/C17H24N6/c1-2-13(6-21-17-8-18-4-5-20-17)16-11-23(9-14(16)3-1)10-15-7-19-12-22-15/h4-5,7-8,12-14,16H,1-3,6,9-11H2,(H,19,22)(H,20,21)/t13-,14+,16+/m1/s1. The second kappa shape index (κ2) is 6.66. The van der Waals surface area contributed by atoms with E-state index in [-0.39, 0.29) is 0 Å². The lowest BCUT2D eigenvalue weighted by Crippen LogP contribution is -2.32. The van der Waals surface area contributed by atoms with Crippen molar-refractivity contribution in [3.63, 3.8) is 0 Å². The first-order valence-electron chi connectivity index (χ1n) is 8.58. The first-order valence-corrected chi connectivity index (χ1v) is 8.58. The van der Waals surface area contributed by atoms with E-state index in [9.17, 15) is 0 Å². The van der Waals surface area contributed by atoms with Gasteiger partial charge in [-0.3, -0.25) is 9.88 Å². The number of aromatic nitrogens is 4. The van der Waals surface area contributed by atoms with Crippen molar-refractivity contribution in [1.82, 2.24) is 24.8 Å². The van der Waals surface area contributed by atoms with Crippen LogP contribution in [0.1, 0.15) is 25.0 Å². The fourth-order valence-corrected chi connectivity index (χ4v) is 4.31. The minimum atomic E-state index is 0.738. The number of likely N-dealkylation sites (tertiary alicyclic amines) is 1. The van der Waals surface area contributed by atoms with Crippen LogP contribution in [0.3, 0.4) is 0 Å². The van der Waals surface area contributed by atoms with E-state index in [1.54, 1.807) is 24.9 Å². The summed E-state index contributed by atoms with van der Waals surface area (Å²) >= 11 is 0. The van der Waals surface area contributed by atoms with Crippen molar-refractivity contribution >= 4 is 5.82 Å². The number of hydrogen-bond donors (Lipinski definition) is 2. The molecule has 0 unspecified atom stereocenters. The first kappa shape index (κ1) is 14.6. The minimum absolute atomic E-state index is 0.738. The van der Waals surface area contributed by atoms with E-state index in [1.165, 1.54) is 38.0 Å². The number of nitrogens with zero attached hydrogens (tertiary/aromatic N) is 4. The van der Waals surface area contributed by atoms with Gasteiger partial charge in [-0.2, -0.15) is 0 Å². The SMILES string of the molecule is c1cnc(NC[C@H]2CCC[C@H]3CN(Cc4cnc[nH]4)C[C@@H]23)cn1. The molecule has 1 aliphatic carbocycles. The molecular formula is C17H24N6. The van der Waals surface area contributed by atoms with Gasteiger partial charge in [0.15, 0.2) is 0 Å². The molecule has 4 rings (SSSR count). The number of nitrogens with one attached hydrogen (secondary N) is 2. The molecule has 0 radical (unpaired) electrons. The Labute approximate surface area is 136 Å². The maximum Gasteiger partial charge on any atom is 0.144 e. The third-order valence-electron chi connectivity index (χ3n) is 5.38. The molecule has 6 nitrogen and oxygen atoms in total. The number of rotatable bonds is 5. The van der Waals surface area contributed by atoms with Gasteiger partial charge in [0.2, 0.25) is 0 Å². The van der Waals surface area contributed by atoms with Gasteiger partial charge in [-0.05, 0) is 30.6 Å². The fraction of sp³-hybridized carbons (Fsp3) is 0.588. The number of aromatic amines is 1. The Morgan fingerprint density at radius 2 is 2.17 bits per heavy atom. The van der Waals surface area contributed by atoms with Gasteiger partial charge in [0.05, 0.1) is 12.5 Å². The van der Waals surface area contributed by atoms with Crippen molar-refractivity contribution in [3.05, 3.63) is 36.8 Å². The van der Waals surface area contributed by atoms with Crippen LogP contribution in [0.25, 0.3) is 0 Å². The van der Waals surface area contributed by atoms with Crippen molar-refractivity contribution in [1.29, 1.82) is 0 Å². The second-order valence-corrected chi connectivity index (χ2v) is 6.86. The highest BCUT2D eigenvalue weighted by molar-refractivity contribution is 5.29. The molecule has 0 spiro atoms. The summed E-state index contributed by atoms with van der Waals surface area (Å²) in [6.45, 7) is 4.44. The number of imidazole rings is 1. The summed E-state index contributed by atoms with van der Waals surface area (Å²) in [6.07, 6.45) is 13.0. The summed E-state index contributed by atoms with van der Waals surface area (Å²) < 4.78 is 0. The summed E-state index contributed by atoms with van der Waals surface area (Å²) in [4.78, 5) is 18.4. The molecule has 1 saturated carbocycles. The van der Waals surface area contributed by atoms with Gasteiger partial charge >= 0.3 is 0 Å². The van der Waals surface area contributed by atoms with E-state index in [0.29, 0.717) is 0 Å². The normalized spacial score (nSPS) is 27.7. The highest BCUT2D eigenvalue weighted by Gasteiger charge is 2.39. The van der Waals surface area contributed by atoms with Crippen LogP contribution in [0.2, 0.25) is 0 Å². The van der Waals surface area contributed by atoms with Crippen LogP contribution in [0.4, 0.5) is 5.82 Å². The van der Waals surface area contributed by atoms with Crippen LogP contribution < -0.4 is 5.32 Å². The first-order chi connectivity index (χ1) is 11.4. The number of H-pyrrole nitrogens is 1. The largest absolute Gasteiger partial charge is 0.369 e. The van der Waals surface area contributed by atoms with E-state index in [4.69, 9.17) is 0 Å². The molecule has 2 aromatic rings. The number of hydrogen-bond acceptors (Lipinski definition) is 5. The van der Waals surface area contributed by atoms with Crippen LogP contribution in [-0.2, 0) is 6.54 Å². The molecule has 0 aromatic carbocycles. The molecule has 2 fully saturated rings. The molecule has 0 bridgehead atoms. The lowest BCUT2D eigenvalue weighted by atomic mass is 9.74. The van der Waals surface area contributed by atoms with Gasteiger partial charge < -0.3 is 10.3 Å². The van der Waals surface area contributed by atoms with E-state index in [2.05, 4.69) is 30.2 Å². The molecule has 1 aliphatic heterocycles. The second-order valence-electron chi connectivity index (χ2n) is 6.86. The Bertz CT molecular complexity index is 599. The molecule has 2 aliphatic rings. The monoisotopic (exact) mass is 312 g/mol. The van der Waals surface area contributed by atoms with E-state index >= 15 is 0 Å². The quantitative estimate of drug-likeness (QED) is 0.885. The molecule has 3 atom stereocenters.